The van der Waals surface area contributed by atoms with Crippen LogP contribution in [-0.4, -0.2) is 14.5 Å². The molecule has 0 aliphatic carbocycles. The van der Waals surface area contributed by atoms with Crippen molar-refractivity contribution in [3.8, 4) is 0 Å². The summed E-state index contributed by atoms with van der Waals surface area (Å²) < 4.78 is 27.4. The second-order valence-electron chi connectivity index (χ2n) is 5.33. The Kier molecular flexibility index (Phi) is 4.28. The van der Waals surface area contributed by atoms with Gasteiger partial charge in [-0.25, -0.2) is 13.1 Å². The third-order valence-corrected chi connectivity index (χ3v) is 5.51. The summed E-state index contributed by atoms with van der Waals surface area (Å²) in [6.07, 6.45) is 0.956. The van der Waals surface area contributed by atoms with Crippen molar-refractivity contribution in [3.05, 3.63) is 29.3 Å². The van der Waals surface area contributed by atoms with Crippen LogP contribution in [0.15, 0.2) is 23.1 Å². The van der Waals surface area contributed by atoms with E-state index in [1.54, 1.807) is 12.1 Å². The standard InChI is InChI=1S/C14H22N2O2S/c1-4-10(2)11(3)16-19(17,18)14-6-5-12-8-15-9-13(12)7-14/h5-7,10-11,15-16H,4,8-9H2,1-3H3. The minimum absolute atomic E-state index is 0.0543. The van der Waals surface area contributed by atoms with E-state index < -0.39 is 10.0 Å². The molecule has 1 aliphatic heterocycles. The van der Waals surface area contributed by atoms with Crippen LogP contribution in [0.4, 0.5) is 0 Å². The molecule has 0 radical (unpaired) electrons. The summed E-state index contributed by atoms with van der Waals surface area (Å²) in [7, 11) is -3.41. The number of benzene rings is 1. The maximum atomic E-state index is 12.3. The Hall–Kier alpha value is -0.910. The predicted octanol–water partition coefficient (Wildman–Crippen LogP) is 2.00. The highest BCUT2D eigenvalue weighted by Gasteiger charge is 2.22. The fourth-order valence-electron chi connectivity index (χ4n) is 2.22. The van der Waals surface area contributed by atoms with Gasteiger partial charge < -0.3 is 5.32 Å². The van der Waals surface area contributed by atoms with Gasteiger partial charge in [0.05, 0.1) is 4.90 Å². The predicted molar refractivity (Wildman–Crippen MR) is 76.2 cm³/mol. The smallest absolute Gasteiger partial charge is 0.240 e. The second-order valence-corrected chi connectivity index (χ2v) is 7.04. The average molecular weight is 282 g/mol. The van der Waals surface area contributed by atoms with E-state index in [1.807, 2.05) is 13.0 Å². The van der Waals surface area contributed by atoms with E-state index in [1.165, 1.54) is 5.56 Å². The molecule has 1 aliphatic rings. The summed E-state index contributed by atoms with van der Waals surface area (Å²) >= 11 is 0. The van der Waals surface area contributed by atoms with Crippen LogP contribution in [-0.2, 0) is 23.1 Å². The third kappa shape index (κ3) is 3.16. The molecule has 2 unspecified atom stereocenters. The summed E-state index contributed by atoms with van der Waals surface area (Å²) in [6, 6.07) is 5.32. The van der Waals surface area contributed by atoms with Gasteiger partial charge in [-0.1, -0.05) is 26.3 Å². The third-order valence-electron chi connectivity index (χ3n) is 3.96. The molecule has 0 fully saturated rings. The van der Waals surface area contributed by atoms with Crippen molar-refractivity contribution in [1.82, 2.24) is 10.0 Å². The number of hydrogen-bond donors (Lipinski definition) is 2. The Labute approximate surface area is 115 Å². The van der Waals surface area contributed by atoms with E-state index in [9.17, 15) is 8.42 Å². The topological polar surface area (TPSA) is 58.2 Å². The summed E-state index contributed by atoms with van der Waals surface area (Å²) in [5.74, 6) is 0.325. The van der Waals surface area contributed by atoms with Gasteiger partial charge >= 0.3 is 0 Å². The lowest BCUT2D eigenvalue weighted by Gasteiger charge is -2.20. The molecular formula is C14H22N2O2S. The molecule has 106 valence electrons. The normalized spacial score (nSPS) is 18.1. The molecule has 4 nitrogen and oxygen atoms in total. The van der Waals surface area contributed by atoms with Crippen molar-refractivity contribution >= 4 is 10.0 Å². The largest absolute Gasteiger partial charge is 0.309 e. The van der Waals surface area contributed by atoms with E-state index in [0.717, 1.165) is 25.1 Å². The van der Waals surface area contributed by atoms with Crippen LogP contribution in [0.1, 0.15) is 38.3 Å². The van der Waals surface area contributed by atoms with Gasteiger partial charge in [0.1, 0.15) is 0 Å². The first-order chi connectivity index (χ1) is 8.94. The highest BCUT2D eigenvalue weighted by atomic mass is 32.2. The van der Waals surface area contributed by atoms with Crippen molar-refractivity contribution in [2.45, 2.75) is 51.2 Å². The zero-order valence-electron chi connectivity index (χ0n) is 11.7. The van der Waals surface area contributed by atoms with Gasteiger partial charge in [0.25, 0.3) is 0 Å². The molecule has 0 saturated heterocycles. The fourth-order valence-corrected chi connectivity index (χ4v) is 3.62. The van der Waals surface area contributed by atoms with Crippen LogP contribution in [0.3, 0.4) is 0 Å². The van der Waals surface area contributed by atoms with Crippen LogP contribution in [0, 0.1) is 5.92 Å². The number of fused-ring (bicyclic) bond motifs is 1. The molecule has 5 heteroatoms. The van der Waals surface area contributed by atoms with E-state index in [2.05, 4.69) is 23.9 Å². The van der Waals surface area contributed by atoms with Crippen LogP contribution in [0.2, 0.25) is 0 Å². The van der Waals surface area contributed by atoms with E-state index in [4.69, 9.17) is 0 Å². The molecule has 0 aromatic heterocycles. The first-order valence-corrected chi connectivity index (χ1v) is 8.27. The lowest BCUT2D eigenvalue weighted by atomic mass is 10.0. The molecule has 2 N–H and O–H groups in total. The molecule has 0 spiro atoms. The fraction of sp³-hybridized carbons (Fsp3) is 0.571. The molecule has 1 aromatic rings. The Morgan fingerprint density at radius 2 is 1.95 bits per heavy atom. The van der Waals surface area contributed by atoms with Crippen molar-refractivity contribution in [2.24, 2.45) is 5.92 Å². The monoisotopic (exact) mass is 282 g/mol. The zero-order valence-corrected chi connectivity index (χ0v) is 12.5. The van der Waals surface area contributed by atoms with Crippen molar-refractivity contribution in [3.63, 3.8) is 0 Å². The first kappa shape index (κ1) is 14.5. The molecule has 1 heterocycles. The minimum Gasteiger partial charge on any atom is -0.309 e. The van der Waals surface area contributed by atoms with Gasteiger partial charge in [-0.2, -0.15) is 0 Å². The Morgan fingerprint density at radius 3 is 2.63 bits per heavy atom. The lowest BCUT2D eigenvalue weighted by molar-refractivity contribution is 0.434. The molecular weight excluding hydrogens is 260 g/mol. The summed E-state index contributed by atoms with van der Waals surface area (Å²) in [4.78, 5) is 0.366. The molecule has 0 bridgehead atoms. The van der Waals surface area contributed by atoms with E-state index in [-0.39, 0.29) is 6.04 Å². The SMILES string of the molecule is CCC(C)C(C)NS(=O)(=O)c1ccc2c(c1)CNC2. The molecule has 2 rings (SSSR count). The molecule has 1 aromatic carbocycles. The van der Waals surface area contributed by atoms with Crippen LogP contribution in [0.25, 0.3) is 0 Å². The van der Waals surface area contributed by atoms with Gasteiger partial charge in [0.15, 0.2) is 0 Å². The van der Waals surface area contributed by atoms with E-state index >= 15 is 0 Å². The lowest BCUT2D eigenvalue weighted by Crippen LogP contribution is -2.36. The number of hydrogen-bond acceptors (Lipinski definition) is 3. The highest BCUT2D eigenvalue weighted by Crippen LogP contribution is 2.20. The van der Waals surface area contributed by atoms with Crippen LogP contribution < -0.4 is 10.0 Å². The number of rotatable bonds is 5. The maximum absolute atomic E-state index is 12.3. The van der Waals surface area contributed by atoms with Crippen molar-refractivity contribution in [2.75, 3.05) is 0 Å². The maximum Gasteiger partial charge on any atom is 0.240 e. The van der Waals surface area contributed by atoms with Crippen molar-refractivity contribution < 1.29 is 8.42 Å². The van der Waals surface area contributed by atoms with Gasteiger partial charge in [0, 0.05) is 19.1 Å². The molecule has 0 amide bonds. The molecule has 0 saturated carbocycles. The highest BCUT2D eigenvalue weighted by molar-refractivity contribution is 7.89. The van der Waals surface area contributed by atoms with Crippen LogP contribution in [0.5, 0.6) is 0 Å². The second kappa shape index (κ2) is 5.61. The molecule has 19 heavy (non-hydrogen) atoms. The summed E-state index contributed by atoms with van der Waals surface area (Å²) in [5.41, 5.74) is 2.27. The van der Waals surface area contributed by atoms with E-state index in [0.29, 0.717) is 10.8 Å². The van der Waals surface area contributed by atoms with Crippen LogP contribution >= 0.6 is 0 Å². The van der Waals surface area contributed by atoms with Gasteiger partial charge in [0.2, 0.25) is 10.0 Å². The summed E-state index contributed by atoms with van der Waals surface area (Å²) in [6.45, 7) is 7.61. The minimum atomic E-state index is -3.41. The molecule has 2 atom stereocenters. The Bertz CT molecular complexity index is 555. The number of nitrogens with one attached hydrogen (secondary N) is 2. The van der Waals surface area contributed by atoms with Gasteiger partial charge in [-0.15, -0.1) is 0 Å². The quantitative estimate of drug-likeness (QED) is 0.868. The number of sulfonamides is 1. The Balaban J connectivity index is 2.20. The average Bonchev–Trinajstić information content (AvgIpc) is 2.84. The zero-order chi connectivity index (χ0) is 14.0. The van der Waals surface area contributed by atoms with Crippen molar-refractivity contribution in [1.29, 1.82) is 0 Å². The first-order valence-electron chi connectivity index (χ1n) is 6.79. The van der Waals surface area contributed by atoms with Gasteiger partial charge in [-0.3, -0.25) is 0 Å². The van der Waals surface area contributed by atoms with Gasteiger partial charge in [-0.05, 0) is 36.1 Å². The summed E-state index contributed by atoms with van der Waals surface area (Å²) in [5, 5.41) is 3.22. The Morgan fingerprint density at radius 1 is 1.26 bits per heavy atom.